The molecule has 2 amide bonds. The van der Waals surface area contributed by atoms with Crippen LogP contribution < -0.4 is 14.4 Å². The number of amides is 2. The first-order chi connectivity index (χ1) is 23.1. The minimum absolute atomic E-state index is 0.0685. The van der Waals surface area contributed by atoms with E-state index in [-0.39, 0.29) is 34.8 Å². The third-order valence-electron chi connectivity index (χ3n) is 7.62. The Bertz CT molecular complexity index is 1910. The van der Waals surface area contributed by atoms with Crippen molar-refractivity contribution in [1.82, 2.24) is 10.2 Å². The maximum Gasteiger partial charge on any atom is 0.273 e. The van der Waals surface area contributed by atoms with Crippen LogP contribution in [-0.4, -0.2) is 55.3 Å². The Labute approximate surface area is 291 Å². The van der Waals surface area contributed by atoms with Gasteiger partial charge in [-0.15, -0.1) is 0 Å². The van der Waals surface area contributed by atoms with Crippen molar-refractivity contribution in [3.8, 4) is 5.75 Å². The zero-order valence-electron chi connectivity index (χ0n) is 27.9. The molecule has 0 aliphatic rings. The van der Waals surface area contributed by atoms with E-state index in [0.717, 1.165) is 15.9 Å². The lowest BCUT2D eigenvalue weighted by atomic mass is 10.0. The van der Waals surface area contributed by atoms with Crippen LogP contribution in [0.3, 0.4) is 0 Å². The Kier molecular flexibility index (Phi) is 11.7. The van der Waals surface area contributed by atoms with Gasteiger partial charge in [0.25, 0.3) is 15.7 Å². The number of carbonyl (C=O) groups excluding carboxylic acids is 2. The molecule has 13 heteroatoms. The Morgan fingerprint density at radius 1 is 0.939 bits per heavy atom. The number of nitro groups is 1. The first-order valence-corrected chi connectivity index (χ1v) is 17.2. The number of anilines is 1. The fraction of sp³-hybridized carbons (Fsp3) is 0.278. The lowest BCUT2D eigenvalue weighted by Crippen LogP contribution is -2.56. The molecule has 49 heavy (non-hydrogen) atoms. The number of nitrogens with zero attached hydrogens (tertiary/aromatic N) is 3. The highest BCUT2D eigenvalue weighted by atomic mass is 35.5. The number of benzene rings is 4. The molecule has 0 aliphatic heterocycles. The summed E-state index contributed by atoms with van der Waals surface area (Å²) in [5, 5.41) is 15.1. The van der Waals surface area contributed by atoms with Gasteiger partial charge >= 0.3 is 0 Å². The van der Waals surface area contributed by atoms with Crippen LogP contribution in [0.1, 0.15) is 37.5 Å². The van der Waals surface area contributed by atoms with Gasteiger partial charge in [0, 0.05) is 35.2 Å². The average molecular weight is 707 g/mol. The summed E-state index contributed by atoms with van der Waals surface area (Å²) in [5.74, 6) is -0.673. The molecule has 4 aromatic carbocycles. The number of methoxy groups -OCH3 is 1. The van der Waals surface area contributed by atoms with Gasteiger partial charge in [-0.25, -0.2) is 8.42 Å². The van der Waals surface area contributed by atoms with E-state index in [1.807, 2.05) is 51.1 Å². The standard InChI is InChI=1S/C36H39ClN4O7S/c1-25-14-19-31(22-32(25)41(44)45)49(46,47)40(29-15-17-30(48-5)18-16-29)24-34(42)39(23-27-12-9-13-28(37)20-27)33(35(43)38-36(2,3)4)21-26-10-7-6-8-11-26/h6-20,22,33H,21,23-24H2,1-5H3,(H,38,43)/t33-/m0/s1. The summed E-state index contributed by atoms with van der Waals surface area (Å²) in [6.45, 7) is 6.18. The number of nitro benzene ring substituents is 1. The topological polar surface area (TPSA) is 139 Å². The summed E-state index contributed by atoms with van der Waals surface area (Å²) in [7, 11) is -3.11. The van der Waals surface area contributed by atoms with E-state index in [4.69, 9.17) is 16.3 Å². The highest BCUT2D eigenvalue weighted by molar-refractivity contribution is 7.92. The summed E-state index contributed by atoms with van der Waals surface area (Å²) in [6.07, 6.45) is 0.133. The van der Waals surface area contributed by atoms with Crippen LogP contribution in [0.25, 0.3) is 0 Å². The first-order valence-electron chi connectivity index (χ1n) is 15.4. The molecule has 1 atom stereocenters. The van der Waals surface area contributed by atoms with Gasteiger partial charge in [0.05, 0.1) is 22.6 Å². The van der Waals surface area contributed by atoms with Crippen molar-refractivity contribution in [3.63, 3.8) is 0 Å². The molecule has 11 nitrogen and oxygen atoms in total. The van der Waals surface area contributed by atoms with Gasteiger partial charge in [-0.3, -0.25) is 24.0 Å². The molecule has 0 aromatic heterocycles. The smallest absolute Gasteiger partial charge is 0.273 e. The van der Waals surface area contributed by atoms with Gasteiger partial charge in [0.1, 0.15) is 18.3 Å². The molecule has 0 aliphatic carbocycles. The van der Waals surface area contributed by atoms with Gasteiger partial charge < -0.3 is 15.0 Å². The van der Waals surface area contributed by atoms with Crippen molar-refractivity contribution in [2.45, 2.75) is 57.1 Å². The molecule has 258 valence electrons. The highest BCUT2D eigenvalue weighted by Crippen LogP contribution is 2.30. The van der Waals surface area contributed by atoms with Crippen LogP contribution in [0.15, 0.2) is 102 Å². The fourth-order valence-electron chi connectivity index (χ4n) is 5.19. The third kappa shape index (κ3) is 9.58. The molecule has 0 heterocycles. The molecule has 0 saturated heterocycles. The zero-order chi connectivity index (χ0) is 35.9. The van der Waals surface area contributed by atoms with Crippen molar-refractivity contribution in [1.29, 1.82) is 0 Å². The second kappa shape index (κ2) is 15.5. The predicted molar refractivity (Wildman–Crippen MR) is 189 cm³/mol. The van der Waals surface area contributed by atoms with Crippen molar-refractivity contribution in [3.05, 3.63) is 129 Å². The number of ether oxygens (including phenoxy) is 1. The number of nitrogens with one attached hydrogen (secondary N) is 1. The lowest BCUT2D eigenvalue weighted by molar-refractivity contribution is -0.385. The Hall–Kier alpha value is -4.94. The molecule has 1 N–H and O–H groups in total. The van der Waals surface area contributed by atoms with E-state index < -0.39 is 44.9 Å². The number of hydrogen-bond acceptors (Lipinski definition) is 7. The average Bonchev–Trinajstić information content (AvgIpc) is 3.04. The maximum atomic E-state index is 14.6. The molecule has 0 radical (unpaired) electrons. The Morgan fingerprint density at radius 2 is 1.59 bits per heavy atom. The van der Waals surface area contributed by atoms with Crippen molar-refractivity contribution < 1.29 is 27.7 Å². The van der Waals surface area contributed by atoms with Crippen LogP contribution in [0.4, 0.5) is 11.4 Å². The number of aryl methyl sites for hydroxylation is 1. The summed E-state index contributed by atoms with van der Waals surface area (Å²) < 4.78 is 34.8. The van der Waals surface area contributed by atoms with Crippen molar-refractivity contribution >= 4 is 44.8 Å². The minimum atomic E-state index is -4.57. The molecule has 0 spiro atoms. The van der Waals surface area contributed by atoms with Crippen LogP contribution in [0, 0.1) is 17.0 Å². The second-order valence-electron chi connectivity index (χ2n) is 12.5. The van der Waals surface area contributed by atoms with E-state index in [1.165, 1.54) is 43.2 Å². The van der Waals surface area contributed by atoms with Crippen LogP contribution in [-0.2, 0) is 32.6 Å². The first kappa shape index (κ1) is 36.9. The van der Waals surface area contributed by atoms with Gasteiger partial charge in [-0.2, -0.15) is 0 Å². The number of rotatable bonds is 13. The fourth-order valence-corrected chi connectivity index (χ4v) is 6.84. The van der Waals surface area contributed by atoms with Gasteiger partial charge in [-0.05, 0) is 81.3 Å². The van der Waals surface area contributed by atoms with Gasteiger partial charge in [-0.1, -0.05) is 60.1 Å². The predicted octanol–water partition coefficient (Wildman–Crippen LogP) is 6.32. The largest absolute Gasteiger partial charge is 0.497 e. The molecule has 4 aromatic rings. The van der Waals surface area contributed by atoms with E-state index in [9.17, 15) is 28.1 Å². The highest BCUT2D eigenvalue weighted by Gasteiger charge is 2.36. The summed E-state index contributed by atoms with van der Waals surface area (Å²) in [5.41, 5.74) is 0.764. The number of sulfonamides is 1. The molecule has 0 unspecified atom stereocenters. The molecular formula is C36H39ClN4O7S. The molecule has 0 bridgehead atoms. The molecule has 0 fully saturated rings. The van der Waals surface area contributed by atoms with Crippen LogP contribution >= 0.6 is 11.6 Å². The lowest BCUT2D eigenvalue weighted by Gasteiger charge is -2.35. The minimum Gasteiger partial charge on any atom is -0.497 e. The summed E-state index contributed by atoms with van der Waals surface area (Å²) in [6, 6.07) is 24.6. The Balaban J connectivity index is 1.86. The molecule has 0 saturated carbocycles. The van der Waals surface area contributed by atoms with E-state index in [1.54, 1.807) is 36.4 Å². The van der Waals surface area contributed by atoms with Crippen LogP contribution in [0.5, 0.6) is 5.75 Å². The zero-order valence-corrected chi connectivity index (χ0v) is 29.5. The van der Waals surface area contributed by atoms with Gasteiger partial charge in [0.2, 0.25) is 11.8 Å². The van der Waals surface area contributed by atoms with Gasteiger partial charge in [0.15, 0.2) is 0 Å². The third-order valence-corrected chi connectivity index (χ3v) is 9.62. The second-order valence-corrected chi connectivity index (χ2v) is 14.8. The summed E-state index contributed by atoms with van der Waals surface area (Å²) >= 11 is 6.30. The molecular weight excluding hydrogens is 668 g/mol. The number of hydrogen-bond donors (Lipinski definition) is 1. The van der Waals surface area contributed by atoms with E-state index >= 15 is 0 Å². The summed E-state index contributed by atoms with van der Waals surface area (Å²) in [4.78, 5) is 40.7. The monoisotopic (exact) mass is 706 g/mol. The maximum absolute atomic E-state index is 14.6. The van der Waals surface area contributed by atoms with Crippen LogP contribution in [0.2, 0.25) is 5.02 Å². The van der Waals surface area contributed by atoms with Crippen molar-refractivity contribution in [2.75, 3.05) is 18.0 Å². The van der Waals surface area contributed by atoms with Crippen molar-refractivity contribution in [2.24, 2.45) is 0 Å². The normalized spacial score (nSPS) is 12.1. The SMILES string of the molecule is COc1ccc(N(CC(=O)N(Cc2cccc(Cl)c2)[C@@H](Cc2ccccc2)C(=O)NC(C)(C)C)S(=O)(=O)c2ccc(C)c([N+](=O)[O-])c2)cc1. The quantitative estimate of drug-likeness (QED) is 0.127. The molecule has 4 rings (SSSR count). The Morgan fingerprint density at radius 3 is 2.18 bits per heavy atom. The number of halogens is 1. The van der Waals surface area contributed by atoms with E-state index in [0.29, 0.717) is 16.3 Å². The van der Waals surface area contributed by atoms with E-state index in [2.05, 4.69) is 5.32 Å². The number of carbonyl (C=O) groups is 2.